The second-order valence-corrected chi connectivity index (χ2v) is 6.55. The highest BCUT2D eigenvalue weighted by molar-refractivity contribution is 7.98. The summed E-state index contributed by atoms with van der Waals surface area (Å²) in [6.07, 6.45) is 3.39. The summed E-state index contributed by atoms with van der Waals surface area (Å²) in [6, 6.07) is 5.71. The van der Waals surface area contributed by atoms with Crippen LogP contribution in [0, 0.1) is 0 Å². The van der Waals surface area contributed by atoms with Crippen molar-refractivity contribution in [3.05, 3.63) is 62.7 Å². The molecule has 0 unspecified atom stereocenters. The summed E-state index contributed by atoms with van der Waals surface area (Å²) in [6.45, 7) is 0.333. The van der Waals surface area contributed by atoms with Crippen molar-refractivity contribution in [2.45, 2.75) is 17.3 Å². The van der Waals surface area contributed by atoms with Crippen LogP contribution in [0.2, 0.25) is 0 Å². The van der Waals surface area contributed by atoms with Crippen molar-refractivity contribution in [1.82, 2.24) is 19.1 Å². The maximum Gasteiger partial charge on any atom is 0.332 e. The Labute approximate surface area is 148 Å². The van der Waals surface area contributed by atoms with E-state index in [0.717, 1.165) is 20.7 Å². The molecule has 3 heterocycles. The average molecular weight is 358 g/mol. The summed E-state index contributed by atoms with van der Waals surface area (Å²) in [5, 5.41) is 0.431. The first-order valence-electron chi connectivity index (χ1n) is 7.63. The summed E-state index contributed by atoms with van der Waals surface area (Å²) in [4.78, 5) is 34.3. The van der Waals surface area contributed by atoms with Gasteiger partial charge in [-0.2, -0.15) is 0 Å². The molecule has 8 heteroatoms. The van der Waals surface area contributed by atoms with Crippen LogP contribution in [0.25, 0.3) is 11.0 Å². The largest absolute Gasteiger partial charge is 0.380 e. The van der Waals surface area contributed by atoms with Crippen molar-refractivity contribution in [3.63, 3.8) is 0 Å². The van der Waals surface area contributed by atoms with E-state index < -0.39 is 5.69 Å². The van der Waals surface area contributed by atoms with Gasteiger partial charge < -0.3 is 4.74 Å². The number of methoxy groups -OCH3 is 1. The summed E-state index contributed by atoms with van der Waals surface area (Å²) in [5.74, 6) is 0.600. The fourth-order valence-corrected chi connectivity index (χ4v) is 3.68. The second-order valence-electron chi connectivity index (χ2n) is 5.56. The number of thioether (sulfide) groups is 1. The molecule has 3 rings (SSSR count). The smallest absolute Gasteiger partial charge is 0.332 e. The highest BCUT2D eigenvalue weighted by atomic mass is 32.2. The minimum absolute atomic E-state index is 0.333. The zero-order valence-electron chi connectivity index (χ0n) is 14.2. The lowest BCUT2D eigenvalue weighted by Gasteiger charge is -2.14. The van der Waals surface area contributed by atoms with E-state index in [1.165, 1.54) is 23.4 Å². The van der Waals surface area contributed by atoms with Gasteiger partial charge in [0, 0.05) is 49.8 Å². The monoisotopic (exact) mass is 358 g/mol. The van der Waals surface area contributed by atoms with Gasteiger partial charge in [0.25, 0.3) is 5.56 Å². The van der Waals surface area contributed by atoms with Crippen LogP contribution in [0.1, 0.15) is 11.3 Å². The van der Waals surface area contributed by atoms with Crippen LogP contribution in [0.4, 0.5) is 0 Å². The Morgan fingerprint density at radius 3 is 2.64 bits per heavy atom. The van der Waals surface area contributed by atoms with Crippen LogP contribution in [-0.2, 0) is 31.2 Å². The lowest BCUT2D eigenvalue weighted by molar-refractivity contribution is 0.183. The Kier molecular flexibility index (Phi) is 5.00. The molecule has 3 aromatic rings. The standard InChI is InChI=1S/C17H18N4O3S/c1-20-15-13(16(22)21(2)17(20)23)14(11(8-19-15)9-24-3)25-10-12-6-4-5-7-18-12/h4-8H,9-10H2,1-3H3. The molecular formula is C17H18N4O3S. The van der Waals surface area contributed by atoms with Gasteiger partial charge in [-0.15, -0.1) is 11.8 Å². The molecule has 0 bridgehead atoms. The zero-order valence-corrected chi connectivity index (χ0v) is 15.0. The number of fused-ring (bicyclic) bond motifs is 1. The third-order valence-electron chi connectivity index (χ3n) is 3.89. The van der Waals surface area contributed by atoms with Crippen LogP contribution < -0.4 is 11.2 Å². The lowest BCUT2D eigenvalue weighted by Crippen LogP contribution is -2.37. The molecule has 0 aromatic carbocycles. The zero-order chi connectivity index (χ0) is 18.0. The highest BCUT2D eigenvalue weighted by Crippen LogP contribution is 2.30. The van der Waals surface area contributed by atoms with Gasteiger partial charge in [0.15, 0.2) is 0 Å². The van der Waals surface area contributed by atoms with Crippen molar-refractivity contribution in [3.8, 4) is 0 Å². The van der Waals surface area contributed by atoms with E-state index in [9.17, 15) is 9.59 Å². The first-order valence-corrected chi connectivity index (χ1v) is 8.62. The fourth-order valence-electron chi connectivity index (χ4n) is 2.59. The van der Waals surface area contributed by atoms with Gasteiger partial charge in [-0.3, -0.25) is 18.9 Å². The summed E-state index contributed by atoms with van der Waals surface area (Å²) in [5.41, 5.74) is 1.34. The van der Waals surface area contributed by atoms with Gasteiger partial charge >= 0.3 is 5.69 Å². The van der Waals surface area contributed by atoms with E-state index in [1.807, 2.05) is 18.2 Å². The van der Waals surface area contributed by atoms with Gasteiger partial charge in [-0.1, -0.05) is 6.07 Å². The molecule has 0 fully saturated rings. The predicted octanol–water partition coefficient (Wildman–Crippen LogP) is 1.47. The molecule has 0 aliphatic carbocycles. The topological polar surface area (TPSA) is 79.0 Å². The Hall–Kier alpha value is -2.45. The summed E-state index contributed by atoms with van der Waals surface area (Å²) < 4.78 is 7.74. The van der Waals surface area contributed by atoms with E-state index in [1.54, 1.807) is 26.6 Å². The van der Waals surface area contributed by atoms with Gasteiger partial charge in [0.05, 0.1) is 17.7 Å². The third-order valence-corrected chi connectivity index (χ3v) is 5.08. The van der Waals surface area contributed by atoms with Gasteiger partial charge in [-0.25, -0.2) is 9.78 Å². The number of rotatable bonds is 5. The molecule has 0 saturated heterocycles. The lowest BCUT2D eigenvalue weighted by atomic mass is 10.2. The SMILES string of the molecule is COCc1cnc2c(c1SCc1ccccn1)c(=O)n(C)c(=O)n2C. The molecule has 0 atom stereocenters. The molecule has 0 amide bonds. The Bertz CT molecular complexity index is 1030. The van der Waals surface area contributed by atoms with Crippen molar-refractivity contribution in [2.24, 2.45) is 14.1 Å². The Morgan fingerprint density at radius 1 is 1.16 bits per heavy atom. The molecule has 0 saturated carbocycles. The number of pyridine rings is 2. The molecule has 0 aliphatic heterocycles. The van der Waals surface area contributed by atoms with E-state index in [-0.39, 0.29) is 5.56 Å². The van der Waals surface area contributed by atoms with Gasteiger partial charge in [0.2, 0.25) is 0 Å². The number of aryl methyl sites for hydroxylation is 1. The molecular weight excluding hydrogens is 340 g/mol. The molecule has 0 aliphatic rings. The van der Waals surface area contributed by atoms with Crippen molar-refractivity contribution in [2.75, 3.05) is 7.11 Å². The van der Waals surface area contributed by atoms with Crippen LogP contribution in [0.15, 0.2) is 45.1 Å². The van der Waals surface area contributed by atoms with Crippen LogP contribution >= 0.6 is 11.8 Å². The van der Waals surface area contributed by atoms with Gasteiger partial charge in [-0.05, 0) is 12.1 Å². The quantitative estimate of drug-likeness (QED) is 0.643. The van der Waals surface area contributed by atoms with Crippen LogP contribution in [0.3, 0.4) is 0 Å². The normalized spacial score (nSPS) is 11.2. The minimum Gasteiger partial charge on any atom is -0.380 e. The minimum atomic E-state index is -0.398. The molecule has 7 nitrogen and oxygen atoms in total. The Balaban J connectivity index is 2.20. The fraction of sp³-hybridized carbons (Fsp3) is 0.294. The van der Waals surface area contributed by atoms with Crippen LogP contribution in [0.5, 0.6) is 0 Å². The number of aromatic nitrogens is 4. The van der Waals surface area contributed by atoms with E-state index >= 15 is 0 Å². The Morgan fingerprint density at radius 2 is 1.96 bits per heavy atom. The number of hydrogen-bond donors (Lipinski definition) is 0. The maximum atomic E-state index is 12.7. The molecule has 0 spiro atoms. The highest BCUT2D eigenvalue weighted by Gasteiger charge is 2.17. The predicted molar refractivity (Wildman–Crippen MR) is 96.7 cm³/mol. The summed E-state index contributed by atoms with van der Waals surface area (Å²) in [7, 11) is 4.68. The van der Waals surface area contributed by atoms with Crippen LogP contribution in [-0.4, -0.2) is 26.2 Å². The van der Waals surface area contributed by atoms with Crippen molar-refractivity contribution >= 4 is 22.8 Å². The van der Waals surface area contributed by atoms with E-state index in [2.05, 4.69) is 9.97 Å². The molecule has 3 aromatic heterocycles. The molecule has 0 radical (unpaired) electrons. The van der Waals surface area contributed by atoms with E-state index in [0.29, 0.717) is 23.4 Å². The second kappa shape index (κ2) is 7.20. The number of hydrogen-bond acceptors (Lipinski definition) is 6. The van der Waals surface area contributed by atoms with Gasteiger partial charge in [0.1, 0.15) is 5.65 Å². The third kappa shape index (κ3) is 3.22. The average Bonchev–Trinajstić information content (AvgIpc) is 2.64. The summed E-state index contributed by atoms with van der Waals surface area (Å²) >= 11 is 1.50. The van der Waals surface area contributed by atoms with E-state index in [4.69, 9.17) is 4.74 Å². The van der Waals surface area contributed by atoms with Crippen molar-refractivity contribution in [1.29, 1.82) is 0 Å². The first kappa shape index (κ1) is 17.4. The molecule has 130 valence electrons. The molecule has 25 heavy (non-hydrogen) atoms. The number of ether oxygens (including phenoxy) is 1. The first-order chi connectivity index (χ1) is 12.0. The maximum absolute atomic E-state index is 12.7. The number of nitrogens with zero attached hydrogens (tertiary/aromatic N) is 4. The van der Waals surface area contributed by atoms with Crippen molar-refractivity contribution < 1.29 is 4.74 Å². The molecule has 0 N–H and O–H groups in total.